The fourth-order valence-electron chi connectivity index (χ4n) is 2.26. The van der Waals surface area contributed by atoms with E-state index in [-0.39, 0.29) is 23.0 Å². The Hall–Kier alpha value is -3.02. The van der Waals surface area contributed by atoms with Crippen molar-refractivity contribution in [3.05, 3.63) is 65.5 Å². The van der Waals surface area contributed by atoms with Crippen molar-refractivity contribution in [2.45, 2.75) is 26.8 Å². The van der Waals surface area contributed by atoms with Crippen molar-refractivity contribution >= 4 is 17.7 Å². The van der Waals surface area contributed by atoms with Crippen LogP contribution in [0.4, 0.5) is 4.39 Å². The minimum atomic E-state index is -0.875. The zero-order valence-corrected chi connectivity index (χ0v) is 14.8. The summed E-state index contributed by atoms with van der Waals surface area (Å²) in [7, 11) is 0. The number of hydrogen-bond acceptors (Lipinski definition) is 4. The van der Waals surface area contributed by atoms with Gasteiger partial charge < -0.3 is 10.1 Å². The van der Waals surface area contributed by atoms with E-state index < -0.39 is 23.7 Å². The van der Waals surface area contributed by atoms with E-state index in [1.54, 1.807) is 26.0 Å². The highest BCUT2D eigenvalue weighted by Gasteiger charge is 2.26. The average molecular weight is 357 g/mol. The van der Waals surface area contributed by atoms with Crippen molar-refractivity contribution in [3.63, 3.8) is 0 Å². The molecule has 5 nitrogen and oxygen atoms in total. The fourth-order valence-corrected chi connectivity index (χ4v) is 2.26. The number of ketones is 1. The summed E-state index contributed by atoms with van der Waals surface area (Å²) in [6.45, 7) is 4.99. The molecule has 1 atom stereocenters. The van der Waals surface area contributed by atoms with Crippen LogP contribution >= 0.6 is 0 Å². The topological polar surface area (TPSA) is 72.5 Å². The van der Waals surface area contributed by atoms with Crippen LogP contribution < -0.4 is 10.1 Å². The van der Waals surface area contributed by atoms with Gasteiger partial charge in [0.05, 0.1) is 0 Å². The Kier molecular flexibility index (Phi) is 6.22. The van der Waals surface area contributed by atoms with Gasteiger partial charge in [0.2, 0.25) is 0 Å². The Morgan fingerprint density at radius 2 is 1.46 bits per heavy atom. The molecule has 0 unspecified atom stereocenters. The van der Waals surface area contributed by atoms with Gasteiger partial charge >= 0.3 is 5.97 Å². The first-order chi connectivity index (χ1) is 12.3. The van der Waals surface area contributed by atoms with E-state index in [0.717, 1.165) is 0 Å². The third-order valence-electron chi connectivity index (χ3n) is 3.79. The van der Waals surface area contributed by atoms with Gasteiger partial charge in [-0.2, -0.15) is 0 Å². The maximum Gasteiger partial charge on any atom is 0.334 e. The first kappa shape index (κ1) is 19.3. The van der Waals surface area contributed by atoms with Gasteiger partial charge in [0.25, 0.3) is 5.91 Å². The quantitative estimate of drug-likeness (QED) is 0.489. The number of nitrogens with one attached hydrogen (secondary N) is 1. The van der Waals surface area contributed by atoms with Crippen LogP contribution in [-0.4, -0.2) is 23.7 Å². The maximum absolute atomic E-state index is 13.0. The molecule has 2 aromatic carbocycles. The average Bonchev–Trinajstić information content (AvgIpc) is 2.60. The number of halogens is 1. The third kappa shape index (κ3) is 4.99. The van der Waals surface area contributed by atoms with Crippen molar-refractivity contribution in [1.29, 1.82) is 0 Å². The Morgan fingerprint density at radius 3 is 1.96 bits per heavy atom. The van der Waals surface area contributed by atoms with Gasteiger partial charge in [0, 0.05) is 11.1 Å². The van der Waals surface area contributed by atoms with E-state index in [0.29, 0.717) is 5.56 Å². The van der Waals surface area contributed by atoms with Crippen LogP contribution in [0.3, 0.4) is 0 Å². The second-order valence-electron chi connectivity index (χ2n) is 6.20. The summed E-state index contributed by atoms with van der Waals surface area (Å²) < 4.78 is 18.3. The third-order valence-corrected chi connectivity index (χ3v) is 3.79. The monoisotopic (exact) mass is 357 g/mol. The molecule has 136 valence electrons. The lowest BCUT2D eigenvalue weighted by atomic mass is 10.0. The number of carbonyl (C=O) groups is 3. The molecule has 26 heavy (non-hydrogen) atoms. The van der Waals surface area contributed by atoms with Crippen molar-refractivity contribution < 1.29 is 23.5 Å². The van der Waals surface area contributed by atoms with Crippen molar-refractivity contribution in [2.75, 3.05) is 0 Å². The number of amides is 1. The van der Waals surface area contributed by atoms with Crippen molar-refractivity contribution in [3.8, 4) is 5.75 Å². The predicted octanol–water partition coefficient (Wildman–Crippen LogP) is 3.39. The molecule has 0 saturated heterocycles. The summed E-state index contributed by atoms with van der Waals surface area (Å²) in [5, 5.41) is 2.61. The number of rotatable bonds is 6. The number of carbonyl (C=O) groups excluding carboxylic acids is 3. The van der Waals surface area contributed by atoms with Gasteiger partial charge in [0.1, 0.15) is 17.6 Å². The second kappa shape index (κ2) is 8.38. The van der Waals surface area contributed by atoms with Crippen molar-refractivity contribution in [2.24, 2.45) is 5.92 Å². The molecule has 0 spiro atoms. The molecule has 0 aliphatic heterocycles. The molecule has 6 heteroatoms. The molecule has 0 heterocycles. The predicted molar refractivity (Wildman–Crippen MR) is 94.6 cm³/mol. The molecule has 2 aromatic rings. The lowest BCUT2D eigenvalue weighted by molar-refractivity contribution is -0.137. The molecule has 0 saturated carbocycles. The lowest BCUT2D eigenvalue weighted by Crippen LogP contribution is -2.46. The van der Waals surface area contributed by atoms with E-state index in [9.17, 15) is 18.8 Å². The standard InChI is InChI=1S/C20H20FNO4/c1-12(2)18(22-19(24)15-4-8-16(21)9-5-15)20(25)26-17-10-6-14(7-11-17)13(3)23/h4-12,18H,1-3H3,(H,22,24)/t18-/m0/s1. The van der Waals surface area contributed by atoms with Crippen LogP contribution in [-0.2, 0) is 4.79 Å². The summed E-state index contributed by atoms with van der Waals surface area (Å²) in [6.07, 6.45) is 0. The fraction of sp³-hybridized carbons (Fsp3) is 0.250. The Morgan fingerprint density at radius 1 is 0.923 bits per heavy atom. The Balaban J connectivity index is 2.08. The summed E-state index contributed by atoms with van der Waals surface area (Å²) >= 11 is 0. The minimum Gasteiger partial charge on any atom is -0.425 e. The molecular weight excluding hydrogens is 337 g/mol. The SMILES string of the molecule is CC(=O)c1ccc(OC(=O)[C@@H](NC(=O)c2ccc(F)cc2)C(C)C)cc1. The van der Waals surface area contributed by atoms with Crippen LogP contribution in [0.5, 0.6) is 5.75 Å². The van der Waals surface area contributed by atoms with Gasteiger partial charge in [-0.05, 0) is 61.4 Å². The summed E-state index contributed by atoms with van der Waals surface area (Å²) in [4.78, 5) is 36.0. The van der Waals surface area contributed by atoms with E-state index >= 15 is 0 Å². The largest absolute Gasteiger partial charge is 0.425 e. The van der Waals surface area contributed by atoms with Gasteiger partial charge in [-0.15, -0.1) is 0 Å². The molecule has 0 fully saturated rings. The summed E-state index contributed by atoms with van der Waals surface area (Å²) in [5.74, 6) is -1.59. The van der Waals surface area contributed by atoms with Crippen molar-refractivity contribution in [1.82, 2.24) is 5.32 Å². The van der Waals surface area contributed by atoms with E-state index in [2.05, 4.69) is 5.32 Å². The molecule has 1 N–H and O–H groups in total. The molecule has 1 amide bonds. The van der Waals surface area contributed by atoms with Crippen LogP contribution in [0.1, 0.15) is 41.5 Å². The van der Waals surface area contributed by atoms with E-state index in [1.165, 1.54) is 43.3 Å². The summed E-state index contributed by atoms with van der Waals surface area (Å²) in [5.41, 5.74) is 0.755. The highest BCUT2D eigenvalue weighted by atomic mass is 19.1. The summed E-state index contributed by atoms with van der Waals surface area (Å²) in [6, 6.07) is 10.3. The number of benzene rings is 2. The smallest absolute Gasteiger partial charge is 0.334 e. The van der Waals surface area contributed by atoms with Crippen LogP contribution in [0.15, 0.2) is 48.5 Å². The number of ether oxygens (including phenoxy) is 1. The molecule has 0 bridgehead atoms. The zero-order chi connectivity index (χ0) is 19.3. The molecule has 0 radical (unpaired) electrons. The normalized spacial score (nSPS) is 11.7. The van der Waals surface area contributed by atoms with E-state index in [4.69, 9.17) is 4.74 Å². The molecule has 0 aliphatic rings. The van der Waals surface area contributed by atoms with Gasteiger partial charge in [-0.3, -0.25) is 9.59 Å². The van der Waals surface area contributed by atoms with E-state index in [1.807, 2.05) is 0 Å². The number of esters is 1. The molecule has 0 aliphatic carbocycles. The molecule has 2 rings (SSSR count). The van der Waals surface area contributed by atoms with Crippen LogP contribution in [0.25, 0.3) is 0 Å². The minimum absolute atomic E-state index is 0.0884. The highest BCUT2D eigenvalue weighted by molar-refractivity contribution is 5.97. The first-order valence-electron chi connectivity index (χ1n) is 8.17. The maximum atomic E-state index is 13.0. The van der Waals surface area contributed by atoms with Gasteiger partial charge in [0.15, 0.2) is 5.78 Å². The second-order valence-corrected chi connectivity index (χ2v) is 6.20. The van der Waals surface area contributed by atoms with Gasteiger partial charge in [-0.1, -0.05) is 13.8 Å². The Bertz CT molecular complexity index is 798. The van der Waals surface area contributed by atoms with Crippen LogP contribution in [0.2, 0.25) is 0 Å². The number of Topliss-reactive ketones (excluding diaryl/α,β-unsaturated/α-hetero) is 1. The van der Waals surface area contributed by atoms with Crippen LogP contribution in [0, 0.1) is 11.7 Å². The highest BCUT2D eigenvalue weighted by Crippen LogP contribution is 2.15. The Labute approximate surface area is 151 Å². The lowest BCUT2D eigenvalue weighted by Gasteiger charge is -2.20. The molecule has 0 aromatic heterocycles. The molecular formula is C20H20FNO4. The first-order valence-corrected chi connectivity index (χ1v) is 8.17. The van der Waals surface area contributed by atoms with Gasteiger partial charge in [-0.25, -0.2) is 9.18 Å². The zero-order valence-electron chi connectivity index (χ0n) is 14.8. The number of hydrogen-bond donors (Lipinski definition) is 1.